The standard InChI is InChI=1S/C14H12ClN3OS2/c1-9-6-13(19)18-14(16-9)21-12(17-18)8-20-7-10-2-4-11(15)5-3-10/h2-6H,7-8H2,1H3. The lowest BCUT2D eigenvalue weighted by Crippen LogP contribution is -2.14. The van der Waals surface area contributed by atoms with Gasteiger partial charge in [0.05, 0.1) is 0 Å². The molecule has 21 heavy (non-hydrogen) atoms. The molecule has 0 spiro atoms. The van der Waals surface area contributed by atoms with Crippen molar-refractivity contribution in [3.63, 3.8) is 0 Å². The maximum Gasteiger partial charge on any atom is 0.275 e. The first-order valence-corrected chi connectivity index (χ1v) is 8.65. The number of halogens is 1. The zero-order chi connectivity index (χ0) is 14.8. The number of nitrogens with zero attached hydrogens (tertiary/aromatic N) is 3. The Balaban J connectivity index is 1.69. The second-order valence-electron chi connectivity index (χ2n) is 4.55. The van der Waals surface area contributed by atoms with E-state index >= 15 is 0 Å². The van der Waals surface area contributed by atoms with Crippen LogP contribution >= 0.6 is 34.7 Å². The van der Waals surface area contributed by atoms with Gasteiger partial charge in [0.2, 0.25) is 4.96 Å². The Morgan fingerprint density at radius 2 is 2.05 bits per heavy atom. The molecule has 0 aliphatic rings. The van der Waals surface area contributed by atoms with Crippen molar-refractivity contribution < 1.29 is 0 Å². The minimum absolute atomic E-state index is 0.122. The van der Waals surface area contributed by atoms with Crippen molar-refractivity contribution in [3.8, 4) is 0 Å². The predicted octanol–water partition coefficient (Wildman–Crippen LogP) is 3.55. The molecule has 3 rings (SSSR count). The molecule has 0 atom stereocenters. The lowest BCUT2D eigenvalue weighted by Gasteiger charge is -1.99. The zero-order valence-corrected chi connectivity index (χ0v) is 13.6. The van der Waals surface area contributed by atoms with Crippen LogP contribution < -0.4 is 5.56 Å². The van der Waals surface area contributed by atoms with Gasteiger partial charge in [0.1, 0.15) is 5.01 Å². The Bertz CT molecular complexity index is 826. The summed E-state index contributed by atoms with van der Waals surface area (Å²) in [6, 6.07) is 9.31. The first-order valence-electron chi connectivity index (χ1n) is 6.30. The molecule has 0 radical (unpaired) electrons. The molecule has 0 amide bonds. The van der Waals surface area contributed by atoms with Crippen molar-refractivity contribution in [1.82, 2.24) is 14.6 Å². The van der Waals surface area contributed by atoms with Gasteiger partial charge in [0.25, 0.3) is 5.56 Å². The summed E-state index contributed by atoms with van der Waals surface area (Å²) in [7, 11) is 0. The highest BCUT2D eigenvalue weighted by molar-refractivity contribution is 7.97. The quantitative estimate of drug-likeness (QED) is 0.730. The number of hydrogen-bond acceptors (Lipinski definition) is 5. The molecule has 0 bridgehead atoms. The van der Waals surface area contributed by atoms with Crippen LogP contribution in [0.2, 0.25) is 5.02 Å². The van der Waals surface area contributed by atoms with Crippen molar-refractivity contribution in [2.45, 2.75) is 18.4 Å². The Morgan fingerprint density at radius 3 is 2.81 bits per heavy atom. The van der Waals surface area contributed by atoms with Crippen LogP contribution in [0.15, 0.2) is 35.1 Å². The van der Waals surface area contributed by atoms with Gasteiger partial charge in [0, 0.05) is 28.3 Å². The minimum atomic E-state index is -0.122. The van der Waals surface area contributed by atoms with Crippen LogP contribution in [-0.4, -0.2) is 14.6 Å². The van der Waals surface area contributed by atoms with Crippen LogP contribution in [0.3, 0.4) is 0 Å². The van der Waals surface area contributed by atoms with E-state index in [0.29, 0.717) is 4.96 Å². The summed E-state index contributed by atoms with van der Waals surface area (Å²) in [6.07, 6.45) is 0. The zero-order valence-electron chi connectivity index (χ0n) is 11.2. The van der Waals surface area contributed by atoms with Gasteiger partial charge in [-0.1, -0.05) is 35.1 Å². The summed E-state index contributed by atoms with van der Waals surface area (Å²) in [5.41, 5.74) is 1.82. The molecule has 0 saturated carbocycles. The Morgan fingerprint density at radius 1 is 1.29 bits per heavy atom. The van der Waals surface area contributed by atoms with Gasteiger partial charge in [-0.2, -0.15) is 9.61 Å². The third-order valence-corrected chi connectivity index (χ3v) is 5.18. The first-order chi connectivity index (χ1) is 10.1. The van der Waals surface area contributed by atoms with E-state index in [1.165, 1.54) is 27.5 Å². The average molecular weight is 338 g/mol. The molecule has 108 valence electrons. The predicted molar refractivity (Wildman–Crippen MR) is 88.3 cm³/mol. The molecular weight excluding hydrogens is 326 g/mol. The second-order valence-corrected chi connectivity index (χ2v) is 7.01. The van der Waals surface area contributed by atoms with E-state index in [-0.39, 0.29) is 5.56 Å². The molecule has 7 heteroatoms. The number of aryl methyl sites for hydroxylation is 1. The normalized spacial score (nSPS) is 11.1. The summed E-state index contributed by atoms with van der Waals surface area (Å²) in [5.74, 6) is 1.64. The number of aromatic nitrogens is 3. The van der Waals surface area contributed by atoms with E-state index < -0.39 is 0 Å². The van der Waals surface area contributed by atoms with Crippen LogP contribution in [-0.2, 0) is 11.5 Å². The lowest BCUT2D eigenvalue weighted by molar-refractivity contribution is 0.870. The maximum absolute atomic E-state index is 11.8. The molecule has 0 N–H and O–H groups in total. The average Bonchev–Trinajstić information content (AvgIpc) is 2.84. The summed E-state index contributed by atoms with van der Waals surface area (Å²) < 4.78 is 1.37. The molecule has 0 unspecified atom stereocenters. The second kappa shape index (κ2) is 6.17. The lowest BCUT2D eigenvalue weighted by atomic mass is 10.2. The number of rotatable bonds is 4. The molecule has 1 aromatic carbocycles. The largest absolute Gasteiger partial charge is 0.275 e. The van der Waals surface area contributed by atoms with E-state index in [1.807, 2.05) is 31.2 Å². The summed E-state index contributed by atoms with van der Waals surface area (Å²) in [5, 5.41) is 5.97. The third-order valence-electron chi connectivity index (χ3n) is 2.82. The van der Waals surface area contributed by atoms with E-state index in [0.717, 1.165) is 27.2 Å². The smallest absolute Gasteiger partial charge is 0.267 e. The van der Waals surface area contributed by atoms with Gasteiger partial charge < -0.3 is 0 Å². The van der Waals surface area contributed by atoms with Gasteiger partial charge in [-0.25, -0.2) is 4.98 Å². The fourth-order valence-corrected chi connectivity index (χ4v) is 3.97. The third kappa shape index (κ3) is 3.45. The highest BCUT2D eigenvalue weighted by Gasteiger charge is 2.07. The van der Waals surface area contributed by atoms with Crippen LogP contribution in [0.25, 0.3) is 4.96 Å². The molecule has 4 nitrogen and oxygen atoms in total. The Kier molecular flexibility index (Phi) is 4.28. The van der Waals surface area contributed by atoms with Gasteiger partial charge in [0.15, 0.2) is 0 Å². The van der Waals surface area contributed by atoms with Crippen LogP contribution in [0.4, 0.5) is 0 Å². The van der Waals surface area contributed by atoms with E-state index in [9.17, 15) is 4.79 Å². The van der Waals surface area contributed by atoms with Crippen LogP contribution in [0, 0.1) is 6.92 Å². The van der Waals surface area contributed by atoms with Crippen molar-refractivity contribution in [1.29, 1.82) is 0 Å². The number of fused-ring (bicyclic) bond motifs is 1. The van der Waals surface area contributed by atoms with Crippen molar-refractivity contribution in [2.75, 3.05) is 0 Å². The molecule has 0 aliphatic heterocycles. The number of benzene rings is 1. The Hall–Kier alpha value is -1.37. The van der Waals surface area contributed by atoms with Gasteiger partial charge in [-0.3, -0.25) is 4.79 Å². The highest BCUT2D eigenvalue weighted by Crippen LogP contribution is 2.21. The van der Waals surface area contributed by atoms with Gasteiger partial charge in [-0.15, -0.1) is 11.8 Å². The van der Waals surface area contributed by atoms with Gasteiger partial charge >= 0.3 is 0 Å². The van der Waals surface area contributed by atoms with Crippen molar-refractivity contribution in [3.05, 3.63) is 62.0 Å². The summed E-state index contributed by atoms with van der Waals surface area (Å²) in [4.78, 5) is 16.8. The number of hydrogen-bond donors (Lipinski definition) is 0. The fraction of sp³-hybridized carbons (Fsp3) is 0.214. The van der Waals surface area contributed by atoms with E-state index in [2.05, 4.69) is 10.1 Å². The molecule has 2 heterocycles. The molecule has 0 fully saturated rings. The molecule has 0 aliphatic carbocycles. The van der Waals surface area contributed by atoms with E-state index in [1.54, 1.807) is 11.8 Å². The van der Waals surface area contributed by atoms with Crippen LogP contribution in [0.5, 0.6) is 0 Å². The van der Waals surface area contributed by atoms with Crippen molar-refractivity contribution in [2.24, 2.45) is 0 Å². The molecular formula is C14H12ClN3OS2. The maximum atomic E-state index is 11.8. The fourth-order valence-electron chi connectivity index (χ4n) is 1.86. The molecule has 2 aromatic heterocycles. The van der Waals surface area contributed by atoms with Crippen molar-refractivity contribution >= 4 is 39.7 Å². The summed E-state index contributed by atoms with van der Waals surface area (Å²) in [6.45, 7) is 1.82. The SMILES string of the molecule is Cc1cc(=O)n2nc(CSCc3ccc(Cl)cc3)sc2n1. The minimum Gasteiger partial charge on any atom is -0.267 e. The van der Waals surface area contributed by atoms with E-state index in [4.69, 9.17) is 11.6 Å². The highest BCUT2D eigenvalue weighted by atomic mass is 35.5. The first kappa shape index (κ1) is 14.6. The Labute approximate surface area is 134 Å². The van der Waals surface area contributed by atoms with Crippen LogP contribution in [0.1, 0.15) is 16.3 Å². The molecule has 3 aromatic rings. The summed E-state index contributed by atoms with van der Waals surface area (Å²) >= 11 is 9.07. The topological polar surface area (TPSA) is 47.3 Å². The number of thioether (sulfide) groups is 1. The van der Waals surface area contributed by atoms with Gasteiger partial charge in [-0.05, 0) is 24.6 Å². The monoisotopic (exact) mass is 337 g/mol. The molecule has 0 saturated heterocycles.